The molecule has 9 heteroatoms. The lowest BCUT2D eigenvalue weighted by Crippen LogP contribution is -2.18. The normalized spacial score (nSPS) is 11.8. The molecule has 102 valence electrons. The van der Waals surface area contributed by atoms with Gasteiger partial charge in [-0.05, 0) is 25.1 Å². The van der Waals surface area contributed by atoms with Crippen LogP contribution in [0.25, 0.3) is 11.4 Å². The molecule has 0 fully saturated rings. The van der Waals surface area contributed by atoms with E-state index in [1.807, 2.05) is 0 Å². The topological polar surface area (TPSA) is 90.9 Å². The minimum atomic E-state index is -3.98. The average Bonchev–Trinajstić information content (AvgIpc) is 2.72. The number of hydrogen-bond donors (Lipinski definition) is 1. The number of halogens is 2. The minimum absolute atomic E-state index is 0.114. The lowest BCUT2D eigenvalue weighted by Gasteiger charge is -2.07. The third kappa shape index (κ3) is 2.60. The first kappa shape index (κ1) is 13.9. The van der Waals surface area contributed by atoms with Gasteiger partial charge >= 0.3 is 0 Å². The summed E-state index contributed by atoms with van der Waals surface area (Å²) in [7, 11) is -3.98. The van der Waals surface area contributed by atoms with E-state index in [2.05, 4.69) is 10.2 Å². The van der Waals surface area contributed by atoms with Crippen LogP contribution < -0.4 is 5.14 Å². The van der Waals surface area contributed by atoms with Crippen LogP contribution >= 0.6 is 11.6 Å². The van der Waals surface area contributed by atoms with Gasteiger partial charge in [0.15, 0.2) is 5.82 Å². The molecule has 19 heavy (non-hydrogen) atoms. The predicted molar refractivity (Wildman–Crippen MR) is 67.5 cm³/mol. The molecule has 0 atom stereocenters. The zero-order valence-corrected chi connectivity index (χ0v) is 11.4. The Balaban J connectivity index is 2.67. The third-order valence-corrected chi connectivity index (χ3v) is 3.58. The summed E-state index contributed by atoms with van der Waals surface area (Å²) in [5.74, 6) is -0.278. The molecule has 0 spiro atoms. The number of sulfonamides is 1. The van der Waals surface area contributed by atoms with Gasteiger partial charge in [0.1, 0.15) is 5.82 Å². The fraction of sp³-hybridized carbons (Fsp3) is 0.200. The Kier molecular flexibility index (Phi) is 3.57. The molecule has 0 amide bonds. The van der Waals surface area contributed by atoms with Crippen molar-refractivity contribution >= 4 is 21.6 Å². The zero-order valence-electron chi connectivity index (χ0n) is 9.84. The van der Waals surface area contributed by atoms with Crippen LogP contribution in [-0.2, 0) is 16.6 Å². The van der Waals surface area contributed by atoms with Gasteiger partial charge in [0.2, 0.25) is 0 Å². The first-order valence-corrected chi connectivity index (χ1v) is 7.18. The van der Waals surface area contributed by atoms with E-state index in [0.717, 1.165) is 6.07 Å². The second-order valence-corrected chi connectivity index (χ2v) is 5.58. The molecular formula is C10H10ClFN4O2S. The Bertz CT molecular complexity index is 729. The van der Waals surface area contributed by atoms with E-state index in [9.17, 15) is 12.8 Å². The number of rotatable bonds is 3. The number of benzene rings is 1. The van der Waals surface area contributed by atoms with E-state index in [1.165, 1.54) is 16.7 Å². The minimum Gasteiger partial charge on any atom is -0.297 e. The highest BCUT2D eigenvalue weighted by Gasteiger charge is 2.22. The van der Waals surface area contributed by atoms with Gasteiger partial charge in [-0.3, -0.25) is 4.57 Å². The van der Waals surface area contributed by atoms with Crippen LogP contribution in [0.5, 0.6) is 0 Å². The van der Waals surface area contributed by atoms with E-state index in [-0.39, 0.29) is 22.5 Å². The summed E-state index contributed by atoms with van der Waals surface area (Å²) >= 11 is 5.91. The van der Waals surface area contributed by atoms with Gasteiger partial charge in [0.05, 0.1) is 5.02 Å². The molecule has 1 heterocycles. The van der Waals surface area contributed by atoms with E-state index in [0.29, 0.717) is 5.56 Å². The van der Waals surface area contributed by atoms with Crippen molar-refractivity contribution in [3.63, 3.8) is 0 Å². The Hall–Kier alpha value is -1.51. The van der Waals surface area contributed by atoms with Crippen LogP contribution in [0.3, 0.4) is 0 Å². The van der Waals surface area contributed by atoms with Gasteiger partial charge in [-0.2, -0.15) is 0 Å². The molecular weight excluding hydrogens is 295 g/mol. The second kappa shape index (κ2) is 4.87. The van der Waals surface area contributed by atoms with E-state index in [4.69, 9.17) is 16.7 Å². The molecule has 0 aliphatic heterocycles. The molecule has 0 unspecified atom stereocenters. The van der Waals surface area contributed by atoms with Crippen LogP contribution in [0.15, 0.2) is 23.4 Å². The first-order chi connectivity index (χ1) is 8.84. The maximum atomic E-state index is 13.0. The molecule has 2 N–H and O–H groups in total. The van der Waals surface area contributed by atoms with Crippen molar-refractivity contribution in [1.82, 2.24) is 14.8 Å². The van der Waals surface area contributed by atoms with Crippen LogP contribution in [0.1, 0.15) is 6.92 Å². The quantitative estimate of drug-likeness (QED) is 0.928. The van der Waals surface area contributed by atoms with Crippen LogP contribution in [0, 0.1) is 5.82 Å². The lowest BCUT2D eigenvalue weighted by molar-refractivity contribution is 0.570. The van der Waals surface area contributed by atoms with Crippen molar-refractivity contribution in [2.45, 2.75) is 18.6 Å². The molecule has 0 saturated heterocycles. The van der Waals surface area contributed by atoms with Crippen molar-refractivity contribution in [2.75, 3.05) is 0 Å². The largest absolute Gasteiger partial charge is 0.297 e. The summed E-state index contributed by atoms with van der Waals surface area (Å²) in [4.78, 5) is 0. The summed E-state index contributed by atoms with van der Waals surface area (Å²) in [5, 5.41) is 12.1. The summed E-state index contributed by atoms with van der Waals surface area (Å²) in [6.07, 6.45) is 0. The number of primary sulfonamides is 1. The van der Waals surface area contributed by atoms with Gasteiger partial charge in [-0.1, -0.05) is 11.6 Å². The van der Waals surface area contributed by atoms with Crippen molar-refractivity contribution in [2.24, 2.45) is 5.14 Å². The van der Waals surface area contributed by atoms with Gasteiger partial charge in [0, 0.05) is 12.1 Å². The third-order valence-electron chi connectivity index (χ3n) is 2.46. The zero-order chi connectivity index (χ0) is 14.2. The molecule has 6 nitrogen and oxygen atoms in total. The standard InChI is InChI=1S/C10H10ClFN4O2S/c1-2-16-9(14-15-10(16)19(13,17)18)7-4-3-6(12)5-8(7)11/h3-5H,2H2,1H3,(H2,13,17,18). The summed E-state index contributed by atoms with van der Waals surface area (Å²) < 4.78 is 37.0. The number of aromatic nitrogens is 3. The number of hydrogen-bond acceptors (Lipinski definition) is 4. The highest BCUT2D eigenvalue weighted by Crippen LogP contribution is 2.28. The highest BCUT2D eigenvalue weighted by molar-refractivity contribution is 7.89. The molecule has 2 rings (SSSR count). The maximum absolute atomic E-state index is 13.0. The lowest BCUT2D eigenvalue weighted by atomic mass is 10.2. The van der Waals surface area contributed by atoms with Crippen molar-refractivity contribution in [1.29, 1.82) is 0 Å². The van der Waals surface area contributed by atoms with Gasteiger partial charge in [-0.15, -0.1) is 10.2 Å². The van der Waals surface area contributed by atoms with Crippen LogP contribution in [-0.4, -0.2) is 23.2 Å². The number of nitrogens with zero attached hydrogens (tertiary/aromatic N) is 3. The molecule has 0 aliphatic rings. The Morgan fingerprint density at radius 2 is 2.11 bits per heavy atom. The van der Waals surface area contributed by atoms with E-state index >= 15 is 0 Å². The van der Waals surface area contributed by atoms with Crippen LogP contribution in [0.4, 0.5) is 4.39 Å². The van der Waals surface area contributed by atoms with Crippen molar-refractivity contribution in [3.05, 3.63) is 29.0 Å². The van der Waals surface area contributed by atoms with Crippen molar-refractivity contribution < 1.29 is 12.8 Å². The maximum Gasteiger partial charge on any atom is 0.273 e. The molecule has 2 aromatic rings. The molecule has 0 radical (unpaired) electrons. The van der Waals surface area contributed by atoms with Crippen LogP contribution in [0.2, 0.25) is 5.02 Å². The molecule has 0 saturated carbocycles. The predicted octanol–water partition coefficient (Wildman–Crippen LogP) is 1.40. The summed E-state index contributed by atoms with van der Waals surface area (Å²) in [6.45, 7) is 1.99. The monoisotopic (exact) mass is 304 g/mol. The smallest absolute Gasteiger partial charge is 0.273 e. The van der Waals surface area contributed by atoms with Gasteiger partial charge < -0.3 is 0 Å². The number of nitrogens with two attached hydrogens (primary N) is 1. The fourth-order valence-electron chi connectivity index (χ4n) is 1.65. The fourth-order valence-corrected chi connectivity index (χ4v) is 2.58. The summed E-state index contributed by atoms with van der Waals surface area (Å²) in [6, 6.07) is 3.72. The highest BCUT2D eigenvalue weighted by atomic mass is 35.5. The Morgan fingerprint density at radius 3 is 2.63 bits per heavy atom. The Morgan fingerprint density at radius 1 is 1.42 bits per heavy atom. The first-order valence-electron chi connectivity index (χ1n) is 5.26. The Labute approximate surface area is 114 Å². The van der Waals surface area contributed by atoms with E-state index in [1.54, 1.807) is 6.92 Å². The van der Waals surface area contributed by atoms with Gasteiger partial charge in [0.25, 0.3) is 15.2 Å². The molecule has 0 bridgehead atoms. The molecule has 1 aromatic heterocycles. The molecule has 1 aromatic carbocycles. The van der Waals surface area contributed by atoms with Gasteiger partial charge in [-0.25, -0.2) is 17.9 Å². The van der Waals surface area contributed by atoms with E-state index < -0.39 is 15.8 Å². The SMILES string of the molecule is CCn1c(-c2ccc(F)cc2Cl)nnc1S(N)(=O)=O. The molecule has 0 aliphatic carbocycles. The summed E-state index contributed by atoms with van der Waals surface area (Å²) in [5.41, 5.74) is 0.382. The average molecular weight is 305 g/mol. The second-order valence-electron chi connectivity index (χ2n) is 3.72. The van der Waals surface area contributed by atoms with Crippen molar-refractivity contribution in [3.8, 4) is 11.4 Å².